The van der Waals surface area contributed by atoms with Gasteiger partial charge in [0, 0.05) is 4.47 Å². The van der Waals surface area contributed by atoms with Gasteiger partial charge in [-0.05, 0) is 24.6 Å². The normalized spacial score (nSPS) is 12.0. The molecular formula is C13H13BrClN3O. The van der Waals surface area contributed by atoms with Crippen LogP contribution in [0.1, 0.15) is 18.5 Å². The zero-order valence-electron chi connectivity index (χ0n) is 10.5. The van der Waals surface area contributed by atoms with E-state index in [1.807, 2.05) is 31.2 Å². The lowest BCUT2D eigenvalue weighted by atomic mass is 10.1. The number of nitrogens with zero attached hydrogens (tertiary/aromatic N) is 2. The summed E-state index contributed by atoms with van der Waals surface area (Å²) in [6.07, 6.45) is 1.52. The van der Waals surface area contributed by atoms with Crippen LogP contribution in [0.4, 0.5) is 5.82 Å². The molecular weight excluding hydrogens is 330 g/mol. The predicted molar refractivity (Wildman–Crippen MR) is 79.8 cm³/mol. The van der Waals surface area contributed by atoms with Crippen LogP contribution < -0.4 is 10.1 Å². The van der Waals surface area contributed by atoms with Crippen molar-refractivity contribution in [3.8, 4) is 6.01 Å². The molecule has 1 atom stereocenters. The van der Waals surface area contributed by atoms with Crippen molar-refractivity contribution < 1.29 is 4.74 Å². The Morgan fingerprint density at radius 3 is 2.89 bits per heavy atom. The maximum absolute atomic E-state index is 6.06. The molecule has 2 aromatic rings. The van der Waals surface area contributed by atoms with Crippen molar-refractivity contribution in [1.82, 2.24) is 9.97 Å². The number of hydrogen-bond donors (Lipinski definition) is 1. The van der Waals surface area contributed by atoms with Crippen molar-refractivity contribution >= 4 is 33.3 Å². The molecule has 1 unspecified atom stereocenters. The van der Waals surface area contributed by atoms with Gasteiger partial charge in [-0.15, -0.1) is 0 Å². The topological polar surface area (TPSA) is 47.0 Å². The van der Waals surface area contributed by atoms with Gasteiger partial charge < -0.3 is 10.1 Å². The Hall–Kier alpha value is -1.33. The predicted octanol–water partition coefficient (Wildman–Crippen LogP) is 4.07. The molecule has 0 aliphatic carbocycles. The van der Waals surface area contributed by atoms with E-state index in [4.69, 9.17) is 16.3 Å². The van der Waals surface area contributed by atoms with Gasteiger partial charge >= 0.3 is 6.01 Å². The summed E-state index contributed by atoms with van der Waals surface area (Å²) < 4.78 is 6.02. The number of nitrogens with one attached hydrogen (secondary N) is 1. The van der Waals surface area contributed by atoms with Crippen molar-refractivity contribution in [2.24, 2.45) is 0 Å². The molecule has 1 aromatic heterocycles. The van der Waals surface area contributed by atoms with E-state index in [2.05, 4.69) is 31.2 Å². The molecule has 100 valence electrons. The Balaban J connectivity index is 2.21. The molecule has 0 radical (unpaired) electrons. The molecule has 4 nitrogen and oxygen atoms in total. The van der Waals surface area contributed by atoms with Gasteiger partial charge in [0.05, 0.1) is 19.3 Å². The molecule has 0 spiro atoms. The number of anilines is 1. The highest BCUT2D eigenvalue weighted by molar-refractivity contribution is 9.10. The van der Waals surface area contributed by atoms with Crippen molar-refractivity contribution in [3.05, 3.63) is 45.5 Å². The molecule has 1 aromatic carbocycles. The first-order valence-corrected chi connectivity index (χ1v) is 6.86. The first-order chi connectivity index (χ1) is 9.10. The average Bonchev–Trinajstić information content (AvgIpc) is 2.41. The van der Waals surface area contributed by atoms with Crippen LogP contribution in [0.25, 0.3) is 0 Å². The van der Waals surface area contributed by atoms with Gasteiger partial charge in [0.15, 0.2) is 5.82 Å². The summed E-state index contributed by atoms with van der Waals surface area (Å²) in [6, 6.07) is 8.40. The smallest absolute Gasteiger partial charge is 0.318 e. The second-order valence-electron chi connectivity index (χ2n) is 3.97. The van der Waals surface area contributed by atoms with Gasteiger partial charge in [0.2, 0.25) is 0 Å². The summed E-state index contributed by atoms with van der Waals surface area (Å²) in [4.78, 5) is 8.13. The quantitative estimate of drug-likeness (QED) is 0.909. The van der Waals surface area contributed by atoms with E-state index in [0.29, 0.717) is 10.8 Å². The number of ether oxygens (including phenoxy) is 1. The fraction of sp³-hybridized carbons (Fsp3) is 0.231. The molecule has 0 fully saturated rings. The third-order valence-electron chi connectivity index (χ3n) is 2.61. The molecule has 6 heteroatoms. The maximum atomic E-state index is 6.06. The summed E-state index contributed by atoms with van der Waals surface area (Å²) in [5.41, 5.74) is 1.13. The van der Waals surface area contributed by atoms with Crippen LogP contribution in [-0.4, -0.2) is 17.1 Å². The van der Waals surface area contributed by atoms with Gasteiger partial charge in [-0.2, -0.15) is 4.98 Å². The fourth-order valence-electron chi connectivity index (χ4n) is 1.61. The monoisotopic (exact) mass is 341 g/mol. The van der Waals surface area contributed by atoms with Crippen LogP contribution in [0.5, 0.6) is 6.01 Å². The number of hydrogen-bond acceptors (Lipinski definition) is 4. The van der Waals surface area contributed by atoms with Gasteiger partial charge in [-0.25, -0.2) is 4.98 Å². The van der Waals surface area contributed by atoms with E-state index in [1.165, 1.54) is 13.3 Å². The minimum Gasteiger partial charge on any atom is -0.467 e. The number of rotatable bonds is 4. The van der Waals surface area contributed by atoms with Crippen LogP contribution in [-0.2, 0) is 0 Å². The van der Waals surface area contributed by atoms with E-state index >= 15 is 0 Å². The van der Waals surface area contributed by atoms with Crippen LogP contribution in [0.2, 0.25) is 5.02 Å². The van der Waals surface area contributed by atoms with E-state index < -0.39 is 0 Å². The van der Waals surface area contributed by atoms with Gasteiger partial charge in [-0.1, -0.05) is 39.7 Å². The third-order valence-corrected chi connectivity index (χ3v) is 3.38. The lowest BCUT2D eigenvalue weighted by molar-refractivity contribution is 0.380. The highest BCUT2D eigenvalue weighted by atomic mass is 79.9. The molecule has 1 heterocycles. The summed E-state index contributed by atoms with van der Waals surface area (Å²) in [5, 5.41) is 3.71. The van der Waals surface area contributed by atoms with E-state index in [-0.39, 0.29) is 12.1 Å². The molecule has 0 aliphatic heterocycles. The highest BCUT2D eigenvalue weighted by Crippen LogP contribution is 2.26. The first-order valence-electron chi connectivity index (χ1n) is 5.68. The fourth-order valence-corrected chi connectivity index (χ4v) is 2.18. The van der Waals surface area contributed by atoms with Crippen molar-refractivity contribution in [2.75, 3.05) is 12.4 Å². The SMILES string of the molecule is COc1ncc(Cl)c(NC(C)c2cccc(Br)c2)n1. The Labute approximate surface area is 125 Å². The Morgan fingerprint density at radius 1 is 1.42 bits per heavy atom. The van der Waals surface area contributed by atoms with Crippen LogP contribution in [0, 0.1) is 0 Å². The molecule has 0 saturated carbocycles. The summed E-state index contributed by atoms with van der Waals surface area (Å²) in [7, 11) is 1.52. The Kier molecular flexibility index (Phi) is 4.61. The van der Waals surface area contributed by atoms with E-state index in [9.17, 15) is 0 Å². The number of methoxy groups -OCH3 is 1. The molecule has 0 saturated heterocycles. The molecule has 0 amide bonds. The molecule has 19 heavy (non-hydrogen) atoms. The number of aromatic nitrogens is 2. The van der Waals surface area contributed by atoms with E-state index in [1.54, 1.807) is 0 Å². The zero-order valence-corrected chi connectivity index (χ0v) is 12.9. The average molecular weight is 343 g/mol. The minimum absolute atomic E-state index is 0.0645. The minimum atomic E-state index is 0.0645. The van der Waals surface area contributed by atoms with Gasteiger partial charge in [-0.3, -0.25) is 0 Å². The maximum Gasteiger partial charge on any atom is 0.318 e. The van der Waals surface area contributed by atoms with Crippen molar-refractivity contribution in [3.63, 3.8) is 0 Å². The highest BCUT2D eigenvalue weighted by Gasteiger charge is 2.11. The van der Waals surface area contributed by atoms with Crippen LogP contribution in [0.3, 0.4) is 0 Å². The molecule has 0 bridgehead atoms. The Morgan fingerprint density at radius 2 is 2.21 bits per heavy atom. The summed E-state index contributed by atoms with van der Waals surface area (Å²) in [5.74, 6) is 0.556. The van der Waals surface area contributed by atoms with Crippen LogP contribution >= 0.6 is 27.5 Å². The van der Waals surface area contributed by atoms with Crippen molar-refractivity contribution in [2.45, 2.75) is 13.0 Å². The number of halogens is 2. The van der Waals surface area contributed by atoms with Gasteiger partial charge in [0.1, 0.15) is 5.02 Å². The van der Waals surface area contributed by atoms with Crippen molar-refractivity contribution in [1.29, 1.82) is 0 Å². The van der Waals surface area contributed by atoms with Gasteiger partial charge in [0.25, 0.3) is 0 Å². The Bertz CT molecular complexity index is 580. The lowest BCUT2D eigenvalue weighted by Crippen LogP contribution is -2.09. The number of benzene rings is 1. The lowest BCUT2D eigenvalue weighted by Gasteiger charge is -2.16. The summed E-state index contributed by atoms with van der Waals surface area (Å²) >= 11 is 9.52. The molecule has 1 N–H and O–H groups in total. The first kappa shape index (κ1) is 14.1. The largest absolute Gasteiger partial charge is 0.467 e. The summed E-state index contributed by atoms with van der Waals surface area (Å²) in [6.45, 7) is 2.03. The second kappa shape index (κ2) is 6.21. The molecule has 0 aliphatic rings. The zero-order chi connectivity index (χ0) is 13.8. The third kappa shape index (κ3) is 3.58. The van der Waals surface area contributed by atoms with Crippen LogP contribution in [0.15, 0.2) is 34.9 Å². The standard InChI is InChI=1S/C13H13BrClN3O/c1-8(9-4-3-5-10(14)6-9)17-12-11(15)7-16-13(18-12)19-2/h3-8H,1-2H3,(H,16,17,18). The van der Waals surface area contributed by atoms with E-state index in [0.717, 1.165) is 10.0 Å². The molecule has 2 rings (SSSR count). The second-order valence-corrected chi connectivity index (χ2v) is 5.30.